The lowest BCUT2D eigenvalue weighted by Crippen LogP contribution is -2.43. The molecule has 0 aromatic heterocycles. The molecule has 0 spiro atoms. The molecule has 0 aliphatic heterocycles. The fourth-order valence-corrected chi connectivity index (χ4v) is 4.81. The summed E-state index contributed by atoms with van der Waals surface area (Å²) in [5.74, 6) is 0.190. The summed E-state index contributed by atoms with van der Waals surface area (Å²) in [6.07, 6.45) is 13.5. The molecule has 0 amide bonds. The molecule has 5 heteroatoms. The van der Waals surface area contributed by atoms with Gasteiger partial charge in [-0.1, -0.05) is 59.1 Å². The average molecular weight is 437 g/mol. The van der Waals surface area contributed by atoms with Gasteiger partial charge in [-0.25, -0.2) is 0 Å². The van der Waals surface area contributed by atoms with Gasteiger partial charge < -0.3 is 9.16 Å². The number of rotatable bonds is 13. The second-order valence-electron chi connectivity index (χ2n) is 9.95. The van der Waals surface area contributed by atoms with Crippen molar-refractivity contribution in [3.8, 4) is 0 Å². The molecule has 0 heterocycles. The van der Waals surface area contributed by atoms with Crippen LogP contribution in [0, 0.1) is 0 Å². The van der Waals surface area contributed by atoms with E-state index < -0.39 is 8.32 Å². The quantitative estimate of drug-likeness (QED) is 0.179. The molecule has 0 saturated carbocycles. The van der Waals surface area contributed by atoms with Crippen molar-refractivity contribution >= 4 is 20.1 Å². The van der Waals surface area contributed by atoms with Gasteiger partial charge in [0.1, 0.15) is 0 Å². The van der Waals surface area contributed by atoms with E-state index in [4.69, 9.17) is 4.43 Å². The summed E-state index contributed by atoms with van der Waals surface area (Å²) in [6, 6.07) is 0. The first-order valence-electron chi connectivity index (χ1n) is 11.7. The standard InChI is InChI=1S/C25H44O4Si/c1-8-21(29-30(6,7)25(2,3)4)18-16-20-17-19-23(26)22(20)14-12-10-9-11-13-15-24(27)28-5/h16,18,21H,8-15,17,19H2,1-7H3/b18-16+/t21-/m0/s1. The lowest BCUT2D eigenvalue weighted by atomic mass is 10.0. The van der Waals surface area contributed by atoms with Crippen LogP contribution in [0.5, 0.6) is 0 Å². The summed E-state index contributed by atoms with van der Waals surface area (Å²) in [7, 11) is -0.373. The highest BCUT2D eigenvalue weighted by Crippen LogP contribution is 2.38. The Bertz CT molecular complexity index is 626. The van der Waals surface area contributed by atoms with Gasteiger partial charge >= 0.3 is 5.97 Å². The van der Waals surface area contributed by atoms with Crippen LogP contribution < -0.4 is 0 Å². The number of hydrogen-bond donors (Lipinski definition) is 0. The minimum absolute atomic E-state index is 0.116. The van der Waals surface area contributed by atoms with E-state index in [1.54, 1.807) is 0 Å². The minimum Gasteiger partial charge on any atom is -0.469 e. The molecular formula is C25H44O4Si. The van der Waals surface area contributed by atoms with Crippen molar-refractivity contribution < 1.29 is 18.8 Å². The molecular weight excluding hydrogens is 392 g/mol. The number of carbonyl (C=O) groups is 2. The topological polar surface area (TPSA) is 52.6 Å². The predicted octanol–water partition coefficient (Wildman–Crippen LogP) is 6.91. The Labute approximate surface area is 185 Å². The SMILES string of the molecule is CC[C@@H](/C=C/C1=C(CCCCCCCC(=O)OC)C(=O)CC1)O[Si](C)(C)C(C)(C)C. The van der Waals surface area contributed by atoms with Gasteiger partial charge in [-0.15, -0.1) is 0 Å². The third-order valence-corrected chi connectivity index (χ3v) is 11.1. The number of esters is 1. The summed E-state index contributed by atoms with van der Waals surface area (Å²) >= 11 is 0. The maximum absolute atomic E-state index is 12.4. The van der Waals surface area contributed by atoms with Crippen molar-refractivity contribution in [3.05, 3.63) is 23.3 Å². The zero-order valence-corrected chi connectivity index (χ0v) is 21.4. The van der Waals surface area contributed by atoms with Crippen LogP contribution in [0.4, 0.5) is 0 Å². The van der Waals surface area contributed by atoms with E-state index in [1.165, 1.54) is 12.7 Å². The molecule has 30 heavy (non-hydrogen) atoms. The van der Waals surface area contributed by atoms with Crippen LogP contribution in [0.15, 0.2) is 23.3 Å². The number of Topliss-reactive ketones (excluding diaryl/α,β-unsaturated/α-hetero) is 1. The summed E-state index contributed by atoms with van der Waals surface area (Å²) in [5, 5.41) is 0.193. The maximum atomic E-state index is 12.4. The number of allylic oxidation sites excluding steroid dienone is 3. The molecule has 1 rings (SSSR count). The van der Waals surface area contributed by atoms with Crippen LogP contribution in [0.3, 0.4) is 0 Å². The first-order chi connectivity index (χ1) is 14.0. The van der Waals surface area contributed by atoms with Crippen molar-refractivity contribution in [2.45, 2.75) is 116 Å². The summed E-state index contributed by atoms with van der Waals surface area (Å²) in [4.78, 5) is 23.5. The predicted molar refractivity (Wildman–Crippen MR) is 127 cm³/mol. The van der Waals surface area contributed by atoms with Crippen molar-refractivity contribution in [2.75, 3.05) is 7.11 Å². The Kier molecular flexibility index (Phi) is 11.3. The highest BCUT2D eigenvalue weighted by molar-refractivity contribution is 6.74. The highest BCUT2D eigenvalue weighted by atomic mass is 28.4. The molecule has 0 saturated heterocycles. The van der Waals surface area contributed by atoms with Crippen LogP contribution in [-0.2, 0) is 18.8 Å². The van der Waals surface area contributed by atoms with E-state index in [-0.39, 0.29) is 17.1 Å². The molecule has 4 nitrogen and oxygen atoms in total. The first-order valence-corrected chi connectivity index (χ1v) is 14.6. The smallest absolute Gasteiger partial charge is 0.305 e. The number of unbranched alkanes of at least 4 members (excludes halogenated alkanes) is 4. The first kappa shape index (κ1) is 26.8. The molecule has 0 radical (unpaired) electrons. The zero-order chi connectivity index (χ0) is 22.8. The van der Waals surface area contributed by atoms with Gasteiger partial charge in [0.05, 0.1) is 13.2 Å². The van der Waals surface area contributed by atoms with E-state index in [0.29, 0.717) is 18.6 Å². The van der Waals surface area contributed by atoms with E-state index in [0.717, 1.165) is 56.9 Å². The third kappa shape index (κ3) is 8.89. The lowest BCUT2D eigenvalue weighted by Gasteiger charge is -2.38. The number of hydrogen-bond acceptors (Lipinski definition) is 4. The van der Waals surface area contributed by atoms with Gasteiger partial charge in [0.2, 0.25) is 0 Å². The molecule has 172 valence electrons. The Morgan fingerprint density at radius 1 is 1.10 bits per heavy atom. The van der Waals surface area contributed by atoms with Crippen LogP contribution in [-0.4, -0.2) is 33.3 Å². The Morgan fingerprint density at radius 3 is 2.33 bits per heavy atom. The van der Waals surface area contributed by atoms with Crippen molar-refractivity contribution in [3.63, 3.8) is 0 Å². The van der Waals surface area contributed by atoms with Crippen LogP contribution in [0.2, 0.25) is 18.1 Å². The Hall–Kier alpha value is -1.20. The molecule has 0 unspecified atom stereocenters. The molecule has 0 N–H and O–H groups in total. The van der Waals surface area contributed by atoms with Gasteiger partial charge in [0, 0.05) is 12.8 Å². The lowest BCUT2D eigenvalue weighted by molar-refractivity contribution is -0.140. The van der Waals surface area contributed by atoms with Crippen molar-refractivity contribution in [1.29, 1.82) is 0 Å². The number of carbonyl (C=O) groups excluding carboxylic acids is 2. The fourth-order valence-electron chi connectivity index (χ4n) is 3.45. The molecule has 0 aromatic rings. The Balaban J connectivity index is 2.57. The molecule has 1 atom stereocenters. The van der Waals surface area contributed by atoms with Crippen LogP contribution in [0.1, 0.15) is 91.9 Å². The molecule has 0 aromatic carbocycles. The molecule has 0 fully saturated rings. The number of ether oxygens (including phenoxy) is 1. The Morgan fingerprint density at radius 2 is 1.73 bits per heavy atom. The van der Waals surface area contributed by atoms with E-state index in [2.05, 4.69) is 57.7 Å². The average Bonchev–Trinajstić information content (AvgIpc) is 3.02. The third-order valence-electron chi connectivity index (χ3n) is 6.55. The summed E-state index contributed by atoms with van der Waals surface area (Å²) < 4.78 is 11.2. The van der Waals surface area contributed by atoms with Crippen molar-refractivity contribution in [2.24, 2.45) is 0 Å². The van der Waals surface area contributed by atoms with Gasteiger partial charge in [0.15, 0.2) is 14.1 Å². The van der Waals surface area contributed by atoms with Gasteiger partial charge in [-0.2, -0.15) is 0 Å². The van der Waals surface area contributed by atoms with Gasteiger partial charge in [-0.05, 0) is 61.4 Å². The number of ketones is 1. The fraction of sp³-hybridized carbons (Fsp3) is 0.760. The highest BCUT2D eigenvalue weighted by Gasteiger charge is 2.38. The number of methoxy groups -OCH3 is 1. The summed E-state index contributed by atoms with van der Waals surface area (Å²) in [6.45, 7) is 13.5. The monoisotopic (exact) mass is 436 g/mol. The zero-order valence-electron chi connectivity index (χ0n) is 20.4. The minimum atomic E-state index is -1.81. The van der Waals surface area contributed by atoms with Gasteiger partial charge in [-0.3, -0.25) is 9.59 Å². The van der Waals surface area contributed by atoms with Gasteiger partial charge in [0.25, 0.3) is 0 Å². The molecule has 1 aliphatic rings. The van der Waals surface area contributed by atoms with E-state index >= 15 is 0 Å². The second-order valence-corrected chi connectivity index (χ2v) is 14.7. The maximum Gasteiger partial charge on any atom is 0.305 e. The van der Waals surface area contributed by atoms with E-state index in [1.807, 2.05) is 0 Å². The normalized spacial score (nSPS) is 16.6. The van der Waals surface area contributed by atoms with Crippen molar-refractivity contribution in [1.82, 2.24) is 0 Å². The second kappa shape index (κ2) is 12.6. The van der Waals surface area contributed by atoms with E-state index in [9.17, 15) is 9.59 Å². The largest absolute Gasteiger partial charge is 0.469 e. The molecule has 1 aliphatic carbocycles. The van der Waals surface area contributed by atoms with Crippen LogP contribution in [0.25, 0.3) is 0 Å². The summed E-state index contributed by atoms with van der Waals surface area (Å²) in [5.41, 5.74) is 2.24. The molecule has 0 bridgehead atoms. The van der Waals surface area contributed by atoms with Crippen LogP contribution >= 0.6 is 0 Å².